The van der Waals surface area contributed by atoms with Crippen LogP contribution >= 0.6 is 0 Å². The number of phenolic OH excluding ortho intramolecular Hbond substituents is 1. The number of nitrogens with zero attached hydrogens (tertiary/aromatic N) is 1. The molecule has 5 rings (SSSR count). The Morgan fingerprint density at radius 1 is 1.07 bits per heavy atom. The summed E-state index contributed by atoms with van der Waals surface area (Å²) in [5.74, 6) is -7.16. The predicted molar refractivity (Wildman–Crippen MR) is 148 cm³/mol. The van der Waals surface area contributed by atoms with E-state index < -0.39 is 68.1 Å². The number of likely N-dealkylation sites (N-methyl/N-ethyl adjacent to an activating group) is 1. The largest absolute Gasteiger partial charge is 0.508 e. The van der Waals surface area contributed by atoms with Crippen LogP contribution in [0.1, 0.15) is 17.5 Å². The van der Waals surface area contributed by atoms with Crippen molar-refractivity contribution in [3.8, 4) is 16.9 Å². The number of nitrogens with two attached hydrogens (primary N) is 1. The van der Waals surface area contributed by atoms with E-state index in [1.54, 1.807) is 30.3 Å². The fourth-order valence-electron chi connectivity index (χ4n) is 6.45. The van der Waals surface area contributed by atoms with Crippen LogP contribution in [-0.4, -0.2) is 83.2 Å². The molecule has 2 aromatic carbocycles. The lowest BCUT2D eigenvalue weighted by molar-refractivity contribution is -0.153. The van der Waals surface area contributed by atoms with Crippen LogP contribution in [0.2, 0.25) is 0 Å². The molecule has 13 heteroatoms. The first-order valence-electron chi connectivity index (χ1n) is 12.7. The first-order valence-corrected chi connectivity index (χ1v) is 14.5. The molecule has 3 aliphatic rings. The highest BCUT2D eigenvalue weighted by Crippen LogP contribution is 2.53. The SMILES string of the molecule is CN(C)[C@H]1C(=O)C(C(N)=O)=C(O)[C@]2(O)C(=O)C3=C(O)c4c(O)ccc(-c5ccc(NS(C)(=O)=O)cc5)c4C[C@H]3C[C@@H]12. The Bertz CT molecular complexity index is 1690. The summed E-state index contributed by atoms with van der Waals surface area (Å²) < 4.78 is 25.5. The van der Waals surface area contributed by atoms with Gasteiger partial charge in [0, 0.05) is 17.2 Å². The average molecular weight is 584 g/mol. The number of Topliss-reactive ketones (excluding diaryl/α,β-unsaturated/α-hetero) is 2. The summed E-state index contributed by atoms with van der Waals surface area (Å²) in [7, 11) is -0.424. The number of fused-ring (bicyclic) bond motifs is 3. The molecule has 1 amide bonds. The maximum absolute atomic E-state index is 13.9. The number of sulfonamides is 1. The topological polar surface area (TPSA) is 208 Å². The number of hydrogen-bond acceptors (Lipinski definition) is 10. The molecule has 3 aliphatic carbocycles. The Morgan fingerprint density at radius 3 is 2.27 bits per heavy atom. The lowest BCUT2D eigenvalue weighted by Crippen LogP contribution is -2.65. The average Bonchev–Trinajstić information content (AvgIpc) is 2.85. The number of amides is 1. The number of aromatic hydroxyl groups is 1. The number of carbonyl (C=O) groups is 3. The van der Waals surface area contributed by atoms with E-state index in [1.807, 2.05) is 0 Å². The summed E-state index contributed by atoms with van der Waals surface area (Å²) in [6.07, 6.45) is 1.13. The highest BCUT2D eigenvalue weighted by Gasteiger charge is 2.64. The zero-order valence-electron chi connectivity index (χ0n) is 22.4. The third-order valence-electron chi connectivity index (χ3n) is 8.10. The quantitative estimate of drug-likeness (QED) is 0.275. The molecule has 1 saturated carbocycles. The van der Waals surface area contributed by atoms with E-state index in [1.165, 1.54) is 25.1 Å². The second-order valence-corrected chi connectivity index (χ2v) is 12.6. The minimum absolute atomic E-state index is 0.0297. The van der Waals surface area contributed by atoms with Crippen molar-refractivity contribution < 1.29 is 43.2 Å². The molecule has 2 aromatic rings. The number of carbonyl (C=O) groups excluding carboxylic acids is 3. The smallest absolute Gasteiger partial charge is 0.255 e. The van der Waals surface area contributed by atoms with Gasteiger partial charge < -0.3 is 26.2 Å². The lowest BCUT2D eigenvalue weighted by Gasteiger charge is -2.50. The van der Waals surface area contributed by atoms with E-state index in [4.69, 9.17) is 5.73 Å². The second-order valence-electron chi connectivity index (χ2n) is 10.9. The zero-order valence-corrected chi connectivity index (χ0v) is 23.2. The van der Waals surface area contributed by atoms with Gasteiger partial charge in [-0.3, -0.25) is 24.0 Å². The monoisotopic (exact) mass is 583 g/mol. The minimum Gasteiger partial charge on any atom is -0.508 e. The summed E-state index contributed by atoms with van der Waals surface area (Å²) in [6.45, 7) is 0. The molecule has 0 saturated heterocycles. The van der Waals surface area contributed by atoms with Gasteiger partial charge in [-0.05, 0) is 67.7 Å². The lowest BCUT2D eigenvalue weighted by atomic mass is 9.57. The van der Waals surface area contributed by atoms with Crippen molar-refractivity contribution in [3.63, 3.8) is 0 Å². The second kappa shape index (κ2) is 9.43. The van der Waals surface area contributed by atoms with Gasteiger partial charge in [0.2, 0.25) is 15.8 Å². The van der Waals surface area contributed by atoms with Crippen LogP contribution in [0, 0.1) is 11.8 Å². The molecule has 12 nitrogen and oxygen atoms in total. The fourth-order valence-corrected chi connectivity index (χ4v) is 7.01. The first-order chi connectivity index (χ1) is 19.1. The van der Waals surface area contributed by atoms with E-state index in [0.29, 0.717) is 22.4 Å². The predicted octanol–water partition coefficient (Wildman–Crippen LogP) is 1.00. The number of hydrogen-bond donors (Lipinski definition) is 6. The van der Waals surface area contributed by atoms with E-state index in [9.17, 15) is 43.2 Å². The Labute approximate surface area is 235 Å². The number of nitrogens with one attached hydrogen (secondary N) is 1. The summed E-state index contributed by atoms with van der Waals surface area (Å²) in [4.78, 5) is 40.7. The van der Waals surface area contributed by atoms with Gasteiger partial charge in [0.1, 0.15) is 22.8 Å². The van der Waals surface area contributed by atoms with Gasteiger partial charge in [-0.1, -0.05) is 18.2 Å². The molecular weight excluding hydrogens is 554 g/mol. The Hall–Kier alpha value is -4.20. The van der Waals surface area contributed by atoms with E-state index >= 15 is 0 Å². The molecule has 0 aromatic heterocycles. The summed E-state index contributed by atoms with van der Waals surface area (Å²) >= 11 is 0. The Morgan fingerprint density at radius 2 is 1.71 bits per heavy atom. The maximum atomic E-state index is 13.9. The molecule has 0 heterocycles. The Kier molecular flexibility index (Phi) is 6.52. The summed E-state index contributed by atoms with van der Waals surface area (Å²) in [5, 5.41) is 44.7. The molecule has 1 fully saturated rings. The highest BCUT2D eigenvalue weighted by molar-refractivity contribution is 7.92. The van der Waals surface area contributed by atoms with E-state index in [-0.39, 0.29) is 29.7 Å². The van der Waals surface area contributed by atoms with Crippen molar-refractivity contribution in [2.24, 2.45) is 17.6 Å². The van der Waals surface area contributed by atoms with Gasteiger partial charge in [0.05, 0.1) is 17.9 Å². The molecule has 216 valence electrons. The number of rotatable bonds is 5. The van der Waals surface area contributed by atoms with Crippen LogP contribution in [0.5, 0.6) is 5.75 Å². The molecule has 0 unspecified atom stereocenters. The van der Waals surface area contributed by atoms with Crippen molar-refractivity contribution in [2.75, 3.05) is 25.1 Å². The third-order valence-corrected chi connectivity index (χ3v) is 8.71. The molecular formula is C28H29N3O9S. The number of aliphatic hydroxyl groups excluding tert-OH is 2. The number of phenols is 1. The van der Waals surface area contributed by atoms with Crippen molar-refractivity contribution in [2.45, 2.75) is 24.5 Å². The van der Waals surface area contributed by atoms with Crippen LogP contribution in [0.25, 0.3) is 16.9 Å². The van der Waals surface area contributed by atoms with Crippen molar-refractivity contribution in [1.82, 2.24) is 4.90 Å². The fraction of sp³-hybridized carbons (Fsp3) is 0.321. The van der Waals surface area contributed by atoms with Crippen molar-refractivity contribution in [1.29, 1.82) is 0 Å². The van der Waals surface area contributed by atoms with Gasteiger partial charge >= 0.3 is 0 Å². The van der Waals surface area contributed by atoms with Crippen LogP contribution in [0.4, 0.5) is 5.69 Å². The first kappa shape index (κ1) is 28.3. The summed E-state index contributed by atoms with van der Waals surface area (Å²) in [5.41, 5.74) is 3.58. The van der Waals surface area contributed by atoms with Crippen molar-refractivity contribution in [3.05, 3.63) is 64.4 Å². The summed E-state index contributed by atoms with van der Waals surface area (Å²) in [6, 6.07) is 8.24. The molecule has 4 atom stereocenters. The molecule has 7 N–H and O–H groups in total. The number of aliphatic hydroxyl groups is 3. The molecule has 0 spiro atoms. The van der Waals surface area contributed by atoms with Crippen LogP contribution in [0.3, 0.4) is 0 Å². The van der Waals surface area contributed by atoms with Crippen LogP contribution in [-0.2, 0) is 30.8 Å². The number of primary amides is 1. The van der Waals surface area contributed by atoms with Crippen molar-refractivity contribution >= 4 is 38.9 Å². The van der Waals surface area contributed by atoms with E-state index in [0.717, 1.165) is 6.26 Å². The van der Waals surface area contributed by atoms with Gasteiger partial charge in [-0.25, -0.2) is 8.42 Å². The minimum atomic E-state index is -3.49. The highest BCUT2D eigenvalue weighted by atomic mass is 32.2. The van der Waals surface area contributed by atoms with Gasteiger partial charge in [0.15, 0.2) is 11.4 Å². The van der Waals surface area contributed by atoms with Crippen LogP contribution < -0.4 is 10.5 Å². The van der Waals surface area contributed by atoms with Crippen LogP contribution in [0.15, 0.2) is 53.3 Å². The zero-order chi connectivity index (χ0) is 30.2. The van der Waals surface area contributed by atoms with Gasteiger partial charge in [-0.2, -0.15) is 0 Å². The van der Waals surface area contributed by atoms with E-state index in [2.05, 4.69) is 4.72 Å². The standard InChI is InChI=1S/C28H29N3O9S/c1-31(2)22-17-11-13-10-16-15(12-4-6-14(7-5-12)30-41(3,39)40)8-9-18(32)20(16)23(33)19(13)25(35)28(17,38)26(36)21(24(22)34)27(29)37/h4-9,13,17,22,30,32-33,36,38H,10-11H2,1-3H3,(H2,29,37)/t13-,17-,22+,28+/m0/s1. The third kappa shape index (κ3) is 4.28. The maximum Gasteiger partial charge on any atom is 0.255 e. The van der Waals surface area contributed by atoms with Gasteiger partial charge in [-0.15, -0.1) is 0 Å². The molecule has 0 radical (unpaired) electrons. The molecule has 41 heavy (non-hydrogen) atoms. The number of anilines is 1. The number of ketones is 2. The molecule has 0 aliphatic heterocycles. The normalized spacial score (nSPS) is 26.0. The molecule has 0 bridgehead atoms. The number of benzene rings is 2. The Balaban J connectivity index is 1.67. The van der Waals surface area contributed by atoms with Gasteiger partial charge in [0.25, 0.3) is 5.91 Å².